The summed E-state index contributed by atoms with van der Waals surface area (Å²) in [6, 6.07) is 6.83. The molecule has 1 unspecified atom stereocenters. The summed E-state index contributed by atoms with van der Waals surface area (Å²) < 4.78 is 58.0. The first-order valence-corrected chi connectivity index (χ1v) is 13.4. The number of aromatic nitrogens is 1. The number of hydrogen-bond donors (Lipinski definition) is 2. The fourth-order valence-corrected chi connectivity index (χ4v) is 5.60. The number of nitrogens with one attached hydrogen (secondary N) is 1. The molecule has 1 amide bonds. The topological polar surface area (TPSA) is 82.5 Å². The van der Waals surface area contributed by atoms with Gasteiger partial charge in [-0.1, -0.05) is 27.5 Å². The first-order valence-electron chi connectivity index (χ1n) is 12.2. The quantitative estimate of drug-likeness (QED) is 0.210. The second-order valence-electron chi connectivity index (χ2n) is 9.57. The number of anilines is 1. The zero-order chi connectivity index (χ0) is 28.5. The molecule has 1 aliphatic heterocycles. The van der Waals surface area contributed by atoms with Gasteiger partial charge in [0.1, 0.15) is 17.5 Å². The number of carboxylic acid groups (broad SMARTS) is 1. The van der Waals surface area contributed by atoms with Gasteiger partial charge in [0.25, 0.3) is 11.8 Å². The molecule has 0 spiro atoms. The van der Waals surface area contributed by atoms with Crippen LogP contribution in [0.25, 0.3) is 10.9 Å². The molecule has 2 heterocycles. The smallest absolute Gasteiger partial charge is 0.303 e. The van der Waals surface area contributed by atoms with Crippen LogP contribution in [-0.2, 0) is 4.79 Å². The molecule has 3 aromatic rings. The monoisotopic (exact) mass is 629 g/mol. The molecule has 39 heavy (non-hydrogen) atoms. The normalized spacial score (nSPS) is 15.8. The van der Waals surface area contributed by atoms with Crippen molar-refractivity contribution in [3.63, 3.8) is 0 Å². The number of carboxylic acids is 1. The molecule has 208 valence electrons. The Bertz CT molecular complexity index is 1440. The Kier molecular flexibility index (Phi) is 8.70. The van der Waals surface area contributed by atoms with Gasteiger partial charge in [0, 0.05) is 52.8 Å². The van der Waals surface area contributed by atoms with Gasteiger partial charge in [-0.25, -0.2) is 22.5 Å². The number of halogens is 6. The van der Waals surface area contributed by atoms with E-state index < -0.39 is 46.9 Å². The van der Waals surface area contributed by atoms with E-state index in [1.54, 1.807) is 25.1 Å². The summed E-state index contributed by atoms with van der Waals surface area (Å²) >= 11 is 9.42. The molecule has 0 saturated carbocycles. The van der Waals surface area contributed by atoms with Crippen LogP contribution in [-0.4, -0.2) is 47.5 Å². The lowest BCUT2D eigenvalue weighted by Crippen LogP contribution is -2.43. The summed E-state index contributed by atoms with van der Waals surface area (Å²) in [5, 5.41) is 11.9. The third-order valence-corrected chi connectivity index (χ3v) is 7.66. The number of benzene rings is 2. The molecule has 6 nitrogen and oxygen atoms in total. The van der Waals surface area contributed by atoms with Gasteiger partial charge in [-0.15, -0.1) is 0 Å². The predicted octanol–water partition coefficient (Wildman–Crippen LogP) is 6.85. The van der Waals surface area contributed by atoms with Crippen molar-refractivity contribution in [1.82, 2.24) is 10.3 Å². The highest BCUT2D eigenvalue weighted by atomic mass is 79.9. The van der Waals surface area contributed by atoms with Gasteiger partial charge in [0.05, 0.1) is 22.6 Å². The maximum Gasteiger partial charge on any atom is 0.303 e. The van der Waals surface area contributed by atoms with Crippen molar-refractivity contribution in [2.75, 3.05) is 24.5 Å². The van der Waals surface area contributed by atoms with Crippen LogP contribution in [0.3, 0.4) is 0 Å². The third kappa shape index (κ3) is 6.46. The zero-order valence-electron chi connectivity index (χ0n) is 20.8. The van der Waals surface area contributed by atoms with E-state index >= 15 is 0 Å². The number of fused-ring (bicyclic) bond motifs is 1. The van der Waals surface area contributed by atoms with Gasteiger partial charge in [-0.05, 0) is 50.1 Å². The first-order chi connectivity index (χ1) is 18.4. The summed E-state index contributed by atoms with van der Waals surface area (Å²) in [4.78, 5) is 30.9. The number of alkyl halides is 2. The van der Waals surface area contributed by atoms with Crippen LogP contribution in [0.1, 0.15) is 53.1 Å². The molecule has 12 heteroatoms. The van der Waals surface area contributed by atoms with Crippen LogP contribution in [0, 0.1) is 18.6 Å². The number of carbonyl (C=O) groups excluding carboxylic acids is 1. The van der Waals surface area contributed by atoms with Gasteiger partial charge in [0.2, 0.25) is 0 Å². The van der Waals surface area contributed by atoms with E-state index in [1.165, 1.54) is 4.90 Å². The molecule has 1 saturated heterocycles. The van der Waals surface area contributed by atoms with Crippen molar-refractivity contribution in [3.05, 3.63) is 68.2 Å². The molecule has 4 rings (SSSR count). The highest BCUT2D eigenvalue weighted by Gasteiger charge is 2.37. The minimum atomic E-state index is -2.89. The summed E-state index contributed by atoms with van der Waals surface area (Å²) in [6.45, 7) is 1.19. The third-order valence-electron chi connectivity index (χ3n) is 6.79. The Hall–Kier alpha value is -2.92. The van der Waals surface area contributed by atoms with Crippen molar-refractivity contribution in [1.29, 1.82) is 0 Å². The molecule has 1 aliphatic rings. The molecular weight excluding hydrogens is 606 g/mol. The maximum atomic E-state index is 14.7. The molecule has 2 N–H and O–H groups in total. The van der Waals surface area contributed by atoms with Crippen molar-refractivity contribution in [2.24, 2.45) is 0 Å². The van der Waals surface area contributed by atoms with Crippen LogP contribution < -0.4 is 10.2 Å². The van der Waals surface area contributed by atoms with Crippen LogP contribution >= 0.6 is 27.5 Å². The van der Waals surface area contributed by atoms with E-state index in [1.807, 2.05) is 0 Å². The van der Waals surface area contributed by atoms with Crippen LogP contribution in [0.2, 0.25) is 5.02 Å². The molecule has 0 aliphatic carbocycles. The van der Waals surface area contributed by atoms with E-state index in [0.29, 0.717) is 27.5 Å². The lowest BCUT2D eigenvalue weighted by molar-refractivity contribution is -0.137. The SMILES string of the molecule is Cc1c(N2CCCC(F)(F)C2)nc2ccc(Br)cc2c1C(=O)NCC(CCC(=O)O)c1c(F)ccc(F)c1Cl. The molecule has 1 aromatic heterocycles. The second kappa shape index (κ2) is 11.7. The highest BCUT2D eigenvalue weighted by molar-refractivity contribution is 9.10. The van der Waals surface area contributed by atoms with Gasteiger partial charge >= 0.3 is 5.97 Å². The van der Waals surface area contributed by atoms with Gasteiger partial charge in [-0.2, -0.15) is 0 Å². The van der Waals surface area contributed by atoms with Crippen molar-refractivity contribution in [3.8, 4) is 0 Å². The number of aliphatic carboxylic acids is 1. The summed E-state index contributed by atoms with van der Waals surface area (Å²) in [6.07, 6.45) is -0.456. The Labute approximate surface area is 235 Å². The van der Waals surface area contributed by atoms with E-state index in [0.717, 1.165) is 12.1 Å². The Morgan fingerprint density at radius 2 is 1.95 bits per heavy atom. The number of nitrogens with zero attached hydrogens (tertiary/aromatic N) is 2. The van der Waals surface area contributed by atoms with Crippen molar-refractivity contribution < 1.29 is 32.3 Å². The van der Waals surface area contributed by atoms with Gasteiger partial charge in [0.15, 0.2) is 0 Å². The van der Waals surface area contributed by atoms with Crippen LogP contribution in [0.4, 0.5) is 23.4 Å². The maximum absolute atomic E-state index is 14.7. The summed E-state index contributed by atoms with van der Waals surface area (Å²) in [5.74, 6) is -7.03. The standard InChI is InChI=1S/C27H25BrClF4N3O3/c1-14-22(17-11-16(28)4-7-20(17)35-25(14)36-10-2-9-27(32,33)13-36)26(39)34-12-15(3-8-21(37)38)23-18(30)5-6-19(31)24(23)29/h4-7,11,15H,2-3,8-10,12-13H2,1H3,(H,34,39)(H,37,38). The number of pyridine rings is 1. The fourth-order valence-electron chi connectivity index (χ4n) is 4.93. The molecule has 0 bridgehead atoms. The lowest BCUT2D eigenvalue weighted by Gasteiger charge is -2.34. The Morgan fingerprint density at radius 1 is 1.23 bits per heavy atom. The molecular formula is C27H25BrClF4N3O3. The first kappa shape index (κ1) is 29.1. The lowest BCUT2D eigenvalue weighted by atomic mass is 9.93. The molecule has 2 aromatic carbocycles. The average molecular weight is 631 g/mol. The average Bonchev–Trinajstić information content (AvgIpc) is 2.86. The number of amides is 1. The van der Waals surface area contributed by atoms with Gasteiger partial charge in [-0.3, -0.25) is 9.59 Å². The number of hydrogen-bond acceptors (Lipinski definition) is 4. The van der Waals surface area contributed by atoms with Crippen LogP contribution in [0.5, 0.6) is 0 Å². The fraction of sp³-hybridized carbons (Fsp3) is 0.370. The largest absolute Gasteiger partial charge is 0.481 e. The van der Waals surface area contributed by atoms with E-state index in [9.17, 15) is 32.3 Å². The number of piperidine rings is 1. The minimum Gasteiger partial charge on any atom is -0.481 e. The Morgan fingerprint density at radius 3 is 2.64 bits per heavy atom. The van der Waals surface area contributed by atoms with E-state index in [-0.39, 0.29) is 49.2 Å². The summed E-state index contributed by atoms with van der Waals surface area (Å²) in [7, 11) is 0. The number of carbonyl (C=O) groups is 2. The summed E-state index contributed by atoms with van der Waals surface area (Å²) in [5.41, 5.74) is 0.758. The Balaban J connectivity index is 1.72. The molecule has 0 radical (unpaired) electrons. The molecule has 1 atom stereocenters. The predicted molar refractivity (Wildman–Crippen MR) is 144 cm³/mol. The van der Waals surface area contributed by atoms with Crippen molar-refractivity contribution in [2.45, 2.75) is 44.4 Å². The van der Waals surface area contributed by atoms with Gasteiger partial charge < -0.3 is 15.3 Å². The zero-order valence-corrected chi connectivity index (χ0v) is 23.2. The highest BCUT2D eigenvalue weighted by Crippen LogP contribution is 2.36. The molecule has 1 fully saturated rings. The van der Waals surface area contributed by atoms with Crippen molar-refractivity contribution >= 4 is 56.1 Å². The van der Waals surface area contributed by atoms with E-state index in [2.05, 4.69) is 26.2 Å². The van der Waals surface area contributed by atoms with E-state index in [4.69, 9.17) is 11.6 Å². The minimum absolute atomic E-state index is 0.120. The van der Waals surface area contributed by atoms with Crippen LogP contribution in [0.15, 0.2) is 34.8 Å². The number of rotatable bonds is 8. The second-order valence-corrected chi connectivity index (χ2v) is 10.9.